The van der Waals surface area contributed by atoms with Crippen LogP contribution in [0.15, 0.2) is 211 Å². The van der Waals surface area contributed by atoms with Crippen molar-refractivity contribution in [1.82, 2.24) is 9.97 Å². The van der Waals surface area contributed by atoms with Crippen LogP contribution >= 0.6 is 11.3 Å². The highest BCUT2D eigenvalue weighted by Crippen LogP contribution is 2.46. The van der Waals surface area contributed by atoms with Crippen molar-refractivity contribution in [3.63, 3.8) is 0 Å². The fourth-order valence-corrected chi connectivity index (χ4v) is 10.1. The summed E-state index contributed by atoms with van der Waals surface area (Å²) >= 11 is 1.86. The summed E-state index contributed by atoms with van der Waals surface area (Å²) in [5.41, 5.74) is 13.6. The van der Waals surface area contributed by atoms with Crippen LogP contribution in [0.2, 0.25) is 0 Å². The third kappa shape index (κ3) is 5.72. The number of thiophene rings is 1. The summed E-state index contributed by atoms with van der Waals surface area (Å²) in [4.78, 5) is 10.1. The fourth-order valence-electron chi connectivity index (χ4n) is 8.86. The molecule has 0 atom stereocenters. The summed E-state index contributed by atoms with van der Waals surface area (Å²) in [6.45, 7) is 0. The second kappa shape index (κ2) is 14.0. The second-order valence-corrected chi connectivity index (χ2v) is 16.3. The SMILES string of the molecule is c1ccc(-c2cc(-c3cccc(-c4cccc(-c5cc6c(oc7cccc(-c8cccc9c8sc8ccccc89)c76)c6ccccc56)c4)c3)nc(-c3ccccc3)n2)cc1. The molecule has 60 heavy (non-hydrogen) atoms. The number of hydrogen-bond donors (Lipinski definition) is 0. The molecule has 0 fully saturated rings. The van der Waals surface area contributed by atoms with E-state index in [2.05, 4.69) is 182 Å². The average Bonchev–Trinajstić information content (AvgIpc) is 3.91. The predicted octanol–water partition coefficient (Wildman–Crippen LogP) is 15.9. The van der Waals surface area contributed by atoms with Crippen molar-refractivity contribution in [1.29, 1.82) is 0 Å². The van der Waals surface area contributed by atoms with Gasteiger partial charge in [0.2, 0.25) is 0 Å². The molecule has 12 rings (SSSR count). The minimum atomic E-state index is 0.706. The topological polar surface area (TPSA) is 38.9 Å². The molecule has 0 saturated carbocycles. The maximum absolute atomic E-state index is 6.80. The first-order chi connectivity index (χ1) is 29.7. The molecule has 0 N–H and O–H groups in total. The monoisotopic (exact) mass is 782 g/mol. The minimum absolute atomic E-state index is 0.706. The summed E-state index contributed by atoms with van der Waals surface area (Å²) in [5.74, 6) is 0.706. The zero-order valence-corrected chi connectivity index (χ0v) is 33.2. The van der Waals surface area contributed by atoms with E-state index >= 15 is 0 Å². The minimum Gasteiger partial charge on any atom is -0.455 e. The zero-order chi connectivity index (χ0) is 39.6. The second-order valence-electron chi connectivity index (χ2n) is 15.3. The Morgan fingerprint density at radius 3 is 1.72 bits per heavy atom. The Balaban J connectivity index is 1.01. The lowest BCUT2D eigenvalue weighted by Crippen LogP contribution is -1.96. The maximum atomic E-state index is 6.80. The van der Waals surface area contributed by atoms with Crippen LogP contribution in [0.25, 0.3) is 120 Å². The maximum Gasteiger partial charge on any atom is 0.160 e. The van der Waals surface area contributed by atoms with Gasteiger partial charge in [-0.15, -0.1) is 11.3 Å². The summed E-state index contributed by atoms with van der Waals surface area (Å²) in [6, 6.07) is 73.1. The van der Waals surface area contributed by atoms with Crippen LogP contribution in [-0.4, -0.2) is 9.97 Å². The Labute approximate surface area is 350 Å². The van der Waals surface area contributed by atoms with E-state index in [-0.39, 0.29) is 0 Å². The number of furan rings is 1. The van der Waals surface area contributed by atoms with Gasteiger partial charge in [0.05, 0.1) is 11.4 Å². The van der Waals surface area contributed by atoms with Gasteiger partial charge in [-0.3, -0.25) is 0 Å². The number of benzene rings is 9. The first-order valence-corrected chi connectivity index (χ1v) is 21.0. The largest absolute Gasteiger partial charge is 0.455 e. The number of aromatic nitrogens is 2. The molecular weight excluding hydrogens is 749 g/mol. The normalized spacial score (nSPS) is 11.7. The molecule has 3 nitrogen and oxygen atoms in total. The summed E-state index contributed by atoms with van der Waals surface area (Å²) in [7, 11) is 0. The highest BCUT2D eigenvalue weighted by molar-refractivity contribution is 7.26. The van der Waals surface area contributed by atoms with Crippen LogP contribution in [-0.2, 0) is 0 Å². The van der Waals surface area contributed by atoms with E-state index in [1.165, 1.54) is 36.9 Å². The van der Waals surface area contributed by atoms with Crippen molar-refractivity contribution in [2.75, 3.05) is 0 Å². The summed E-state index contributed by atoms with van der Waals surface area (Å²) in [5, 5.41) is 7.11. The molecular formula is C56H34N2OS. The number of rotatable bonds is 6. The van der Waals surface area contributed by atoms with E-state index in [1.807, 2.05) is 35.6 Å². The molecule has 0 saturated heterocycles. The predicted molar refractivity (Wildman–Crippen MR) is 252 cm³/mol. The first-order valence-electron chi connectivity index (χ1n) is 20.2. The molecule has 4 heteroatoms. The van der Waals surface area contributed by atoms with Crippen LogP contribution in [0.4, 0.5) is 0 Å². The van der Waals surface area contributed by atoms with Gasteiger partial charge >= 0.3 is 0 Å². The summed E-state index contributed by atoms with van der Waals surface area (Å²) < 4.78 is 9.40. The lowest BCUT2D eigenvalue weighted by Gasteiger charge is -2.12. The van der Waals surface area contributed by atoms with Crippen molar-refractivity contribution >= 4 is 64.2 Å². The van der Waals surface area contributed by atoms with Gasteiger partial charge in [-0.1, -0.05) is 170 Å². The first kappa shape index (κ1) is 34.4. The number of fused-ring (bicyclic) bond motifs is 8. The average molecular weight is 783 g/mol. The Morgan fingerprint density at radius 1 is 0.350 bits per heavy atom. The van der Waals surface area contributed by atoms with Crippen molar-refractivity contribution in [2.24, 2.45) is 0 Å². The van der Waals surface area contributed by atoms with E-state index in [1.54, 1.807) is 0 Å². The lowest BCUT2D eigenvalue weighted by atomic mass is 9.91. The highest BCUT2D eigenvalue weighted by atomic mass is 32.1. The Morgan fingerprint density at radius 2 is 0.917 bits per heavy atom. The Bertz CT molecular complexity index is 3550. The number of hydrogen-bond acceptors (Lipinski definition) is 4. The van der Waals surface area contributed by atoms with Gasteiger partial charge in [-0.25, -0.2) is 9.97 Å². The molecule has 0 aliphatic heterocycles. The lowest BCUT2D eigenvalue weighted by molar-refractivity contribution is 0.673. The van der Waals surface area contributed by atoms with Gasteiger partial charge in [0.15, 0.2) is 5.82 Å². The molecule has 12 aromatic rings. The molecule has 0 spiro atoms. The van der Waals surface area contributed by atoms with Crippen LogP contribution in [0.1, 0.15) is 0 Å². The fraction of sp³-hybridized carbons (Fsp3) is 0. The molecule has 0 amide bonds. The van der Waals surface area contributed by atoms with E-state index < -0.39 is 0 Å². The standard InChI is InChI=1S/C56H34N2OS/c1-3-15-35(16-4-1)49-34-50(58-56(57-49)36-17-5-2-6-18-36)40-22-12-20-38(32-40)37-19-11-21-39(31-37)47-33-48-53-43(26-14-29-51(53)59-54(48)44-25-8-7-23-41(44)47)46-28-13-27-45-42-24-9-10-30-52(42)60-55(45)46/h1-34H. The summed E-state index contributed by atoms with van der Waals surface area (Å²) in [6.07, 6.45) is 0. The smallest absolute Gasteiger partial charge is 0.160 e. The van der Waals surface area contributed by atoms with Crippen molar-refractivity contribution < 1.29 is 4.42 Å². The Hall–Kier alpha value is -7.66. The van der Waals surface area contributed by atoms with Crippen molar-refractivity contribution in [3.8, 4) is 67.3 Å². The number of nitrogens with zero attached hydrogens (tertiary/aromatic N) is 2. The van der Waals surface area contributed by atoms with Crippen LogP contribution < -0.4 is 0 Å². The highest BCUT2D eigenvalue weighted by Gasteiger charge is 2.20. The van der Waals surface area contributed by atoms with E-state index in [0.717, 1.165) is 77.5 Å². The Kier molecular flexibility index (Phi) is 8.03. The molecule has 3 heterocycles. The van der Waals surface area contributed by atoms with Gasteiger partial charge in [-0.2, -0.15) is 0 Å². The molecule has 0 unspecified atom stereocenters. The quantitative estimate of drug-likeness (QED) is 0.169. The van der Waals surface area contributed by atoms with Crippen LogP contribution in [0, 0.1) is 0 Å². The molecule has 0 aliphatic rings. The van der Waals surface area contributed by atoms with Gasteiger partial charge in [0, 0.05) is 58.6 Å². The van der Waals surface area contributed by atoms with Crippen LogP contribution in [0.3, 0.4) is 0 Å². The molecule has 0 radical (unpaired) electrons. The molecule has 9 aromatic carbocycles. The molecule has 280 valence electrons. The molecule has 0 aliphatic carbocycles. The van der Waals surface area contributed by atoms with Crippen molar-refractivity contribution in [2.45, 2.75) is 0 Å². The van der Waals surface area contributed by atoms with Gasteiger partial charge in [0.25, 0.3) is 0 Å². The zero-order valence-electron chi connectivity index (χ0n) is 32.3. The van der Waals surface area contributed by atoms with Crippen molar-refractivity contribution in [3.05, 3.63) is 206 Å². The van der Waals surface area contributed by atoms with E-state index in [9.17, 15) is 0 Å². The van der Waals surface area contributed by atoms with Gasteiger partial charge in [-0.05, 0) is 69.6 Å². The van der Waals surface area contributed by atoms with E-state index in [4.69, 9.17) is 14.4 Å². The molecule has 0 bridgehead atoms. The third-order valence-electron chi connectivity index (χ3n) is 11.7. The van der Waals surface area contributed by atoms with E-state index in [0.29, 0.717) is 5.82 Å². The molecule has 3 aromatic heterocycles. The van der Waals surface area contributed by atoms with Gasteiger partial charge in [0.1, 0.15) is 11.2 Å². The van der Waals surface area contributed by atoms with Crippen LogP contribution in [0.5, 0.6) is 0 Å². The van der Waals surface area contributed by atoms with Gasteiger partial charge < -0.3 is 4.42 Å². The third-order valence-corrected chi connectivity index (χ3v) is 12.9.